The van der Waals surface area contributed by atoms with Crippen LogP contribution >= 0.6 is 0 Å². The first-order chi connectivity index (χ1) is 12.2. The Morgan fingerprint density at radius 2 is 1.16 bits per heavy atom. The lowest BCUT2D eigenvalue weighted by molar-refractivity contribution is 0.415. The van der Waals surface area contributed by atoms with Crippen molar-refractivity contribution in [3.63, 3.8) is 0 Å². The number of rotatable bonds is 5. The average molecular weight is 326 g/mol. The molecule has 1 nitrogen and oxygen atoms in total. The molecule has 0 saturated carbocycles. The number of hydrogen-bond acceptors (Lipinski definition) is 1. The second-order valence-corrected chi connectivity index (χ2v) is 6.09. The molecule has 0 aliphatic carbocycles. The van der Waals surface area contributed by atoms with Crippen LogP contribution in [0.25, 0.3) is 28.9 Å². The molecule has 0 aliphatic rings. The van der Waals surface area contributed by atoms with Crippen molar-refractivity contribution < 1.29 is 4.74 Å². The molecule has 3 rings (SSSR count). The van der Waals surface area contributed by atoms with Crippen molar-refractivity contribution >= 4 is 17.7 Å². The lowest BCUT2D eigenvalue weighted by atomic mass is 10.0. The summed E-state index contributed by atoms with van der Waals surface area (Å²) in [5.41, 5.74) is 7.02. The number of methoxy groups -OCH3 is 1. The van der Waals surface area contributed by atoms with Gasteiger partial charge in [-0.15, -0.1) is 0 Å². The van der Waals surface area contributed by atoms with E-state index in [1.54, 1.807) is 7.11 Å². The van der Waals surface area contributed by atoms with Gasteiger partial charge in [0.1, 0.15) is 5.75 Å². The topological polar surface area (TPSA) is 9.23 Å². The highest BCUT2D eigenvalue weighted by Gasteiger charge is 1.98. The third-order valence-corrected chi connectivity index (χ3v) is 4.21. The predicted molar refractivity (Wildman–Crippen MR) is 109 cm³/mol. The molecule has 0 aromatic heterocycles. The van der Waals surface area contributed by atoms with Gasteiger partial charge in [0.2, 0.25) is 0 Å². The van der Waals surface area contributed by atoms with Crippen molar-refractivity contribution in [2.75, 3.05) is 7.11 Å². The van der Waals surface area contributed by atoms with Crippen LogP contribution in [0.4, 0.5) is 0 Å². The average Bonchev–Trinajstić information content (AvgIpc) is 2.67. The van der Waals surface area contributed by atoms with Crippen LogP contribution in [0.15, 0.2) is 79.4 Å². The van der Waals surface area contributed by atoms with Crippen LogP contribution in [0.2, 0.25) is 0 Å². The molecule has 0 amide bonds. The first-order valence-electron chi connectivity index (χ1n) is 8.34. The third-order valence-electron chi connectivity index (χ3n) is 4.21. The molecule has 3 aromatic carbocycles. The Morgan fingerprint density at radius 1 is 0.720 bits per heavy atom. The molecule has 0 bridgehead atoms. The van der Waals surface area contributed by atoms with E-state index in [-0.39, 0.29) is 0 Å². The largest absolute Gasteiger partial charge is 0.497 e. The van der Waals surface area contributed by atoms with Gasteiger partial charge in [-0.1, -0.05) is 85.0 Å². The molecule has 0 N–H and O–H groups in total. The van der Waals surface area contributed by atoms with Gasteiger partial charge in [0.25, 0.3) is 0 Å². The smallest absolute Gasteiger partial charge is 0.118 e. The van der Waals surface area contributed by atoms with Crippen LogP contribution in [-0.4, -0.2) is 7.11 Å². The summed E-state index contributed by atoms with van der Waals surface area (Å²) < 4.78 is 5.20. The Balaban J connectivity index is 1.72. The second-order valence-electron chi connectivity index (χ2n) is 6.09. The molecule has 0 atom stereocenters. The fraction of sp³-hybridized carbons (Fsp3) is 0.0833. The SMILES string of the molecule is C=C(C)c1ccc(/C=C/c2ccc(-c3ccc(OC)cc3)cc2)cc1. The Morgan fingerprint density at radius 3 is 1.60 bits per heavy atom. The minimum Gasteiger partial charge on any atom is -0.497 e. The summed E-state index contributed by atoms with van der Waals surface area (Å²) in [6.45, 7) is 5.99. The molecule has 0 heterocycles. The normalized spacial score (nSPS) is 10.8. The number of benzene rings is 3. The Kier molecular flexibility index (Phi) is 5.15. The predicted octanol–water partition coefficient (Wildman–Crippen LogP) is 6.57. The summed E-state index contributed by atoms with van der Waals surface area (Å²) in [5.74, 6) is 0.876. The summed E-state index contributed by atoms with van der Waals surface area (Å²) in [6.07, 6.45) is 4.26. The van der Waals surface area contributed by atoms with E-state index >= 15 is 0 Å². The molecule has 3 aromatic rings. The van der Waals surface area contributed by atoms with E-state index in [1.165, 1.54) is 27.8 Å². The molecule has 0 radical (unpaired) electrons. The minimum atomic E-state index is 0.876. The van der Waals surface area contributed by atoms with Gasteiger partial charge in [-0.2, -0.15) is 0 Å². The monoisotopic (exact) mass is 326 g/mol. The van der Waals surface area contributed by atoms with Gasteiger partial charge in [0.15, 0.2) is 0 Å². The third kappa shape index (κ3) is 4.27. The van der Waals surface area contributed by atoms with Gasteiger partial charge in [-0.05, 0) is 46.9 Å². The highest BCUT2D eigenvalue weighted by Crippen LogP contribution is 2.23. The maximum absolute atomic E-state index is 5.20. The lowest BCUT2D eigenvalue weighted by Crippen LogP contribution is -1.83. The molecule has 0 unspecified atom stereocenters. The zero-order valence-corrected chi connectivity index (χ0v) is 14.7. The van der Waals surface area contributed by atoms with E-state index < -0.39 is 0 Å². The van der Waals surface area contributed by atoms with Crippen LogP contribution in [0.1, 0.15) is 23.6 Å². The van der Waals surface area contributed by atoms with Gasteiger partial charge in [0, 0.05) is 0 Å². The first kappa shape index (κ1) is 16.8. The maximum atomic E-state index is 5.20. The van der Waals surface area contributed by atoms with Gasteiger partial charge in [-0.25, -0.2) is 0 Å². The van der Waals surface area contributed by atoms with Gasteiger partial charge < -0.3 is 4.74 Å². The molecule has 0 spiro atoms. The van der Waals surface area contributed by atoms with Gasteiger partial charge in [0.05, 0.1) is 7.11 Å². The summed E-state index contributed by atoms with van der Waals surface area (Å²) in [4.78, 5) is 0. The number of hydrogen-bond donors (Lipinski definition) is 0. The molecule has 25 heavy (non-hydrogen) atoms. The molecule has 1 heteroatoms. The van der Waals surface area contributed by atoms with Crippen LogP contribution < -0.4 is 4.74 Å². The van der Waals surface area contributed by atoms with Crippen molar-refractivity contribution in [1.82, 2.24) is 0 Å². The van der Waals surface area contributed by atoms with E-state index in [0.29, 0.717) is 0 Å². The van der Waals surface area contributed by atoms with E-state index in [4.69, 9.17) is 4.74 Å². The summed E-state index contributed by atoms with van der Waals surface area (Å²) in [5, 5.41) is 0. The summed E-state index contributed by atoms with van der Waals surface area (Å²) in [7, 11) is 1.68. The van der Waals surface area contributed by atoms with Crippen molar-refractivity contribution in [2.24, 2.45) is 0 Å². The zero-order valence-electron chi connectivity index (χ0n) is 14.7. The number of allylic oxidation sites excluding steroid dienone is 1. The molecule has 0 fully saturated rings. The van der Waals surface area contributed by atoms with Gasteiger partial charge in [-0.3, -0.25) is 0 Å². The van der Waals surface area contributed by atoms with Crippen molar-refractivity contribution in [3.05, 3.63) is 96.1 Å². The highest BCUT2D eigenvalue weighted by atomic mass is 16.5. The maximum Gasteiger partial charge on any atom is 0.118 e. The molecule has 0 aliphatic heterocycles. The van der Waals surface area contributed by atoms with Crippen LogP contribution in [0.3, 0.4) is 0 Å². The summed E-state index contributed by atoms with van der Waals surface area (Å²) in [6, 6.07) is 25.1. The highest BCUT2D eigenvalue weighted by molar-refractivity contribution is 5.73. The van der Waals surface area contributed by atoms with E-state index in [2.05, 4.69) is 79.4 Å². The Hall–Kier alpha value is -3.06. The van der Waals surface area contributed by atoms with Crippen LogP contribution in [0.5, 0.6) is 5.75 Å². The first-order valence-corrected chi connectivity index (χ1v) is 8.34. The van der Waals surface area contributed by atoms with E-state index in [0.717, 1.165) is 11.3 Å². The number of ether oxygens (including phenoxy) is 1. The standard InChI is InChI=1S/C24H22O/c1-18(2)21-10-6-19(7-11-21)4-5-20-8-12-22(13-9-20)23-14-16-24(25-3)17-15-23/h4-17H,1H2,2-3H3/b5-4+. The van der Waals surface area contributed by atoms with Crippen molar-refractivity contribution in [1.29, 1.82) is 0 Å². The van der Waals surface area contributed by atoms with Gasteiger partial charge >= 0.3 is 0 Å². The second kappa shape index (κ2) is 7.67. The quantitative estimate of drug-likeness (QED) is 0.482. The van der Waals surface area contributed by atoms with Crippen LogP contribution in [0, 0.1) is 0 Å². The Bertz CT molecular complexity index is 867. The minimum absolute atomic E-state index is 0.876. The Labute approximate surface area is 149 Å². The zero-order chi connectivity index (χ0) is 17.6. The molecular formula is C24H22O. The fourth-order valence-electron chi connectivity index (χ4n) is 2.64. The molecular weight excluding hydrogens is 304 g/mol. The van der Waals surface area contributed by atoms with Crippen molar-refractivity contribution in [2.45, 2.75) is 6.92 Å². The molecule has 124 valence electrons. The molecule has 0 saturated heterocycles. The van der Waals surface area contributed by atoms with E-state index in [1.807, 2.05) is 19.1 Å². The summed E-state index contributed by atoms with van der Waals surface area (Å²) >= 11 is 0. The fourth-order valence-corrected chi connectivity index (χ4v) is 2.64. The van der Waals surface area contributed by atoms with Crippen LogP contribution in [-0.2, 0) is 0 Å². The van der Waals surface area contributed by atoms with Crippen molar-refractivity contribution in [3.8, 4) is 16.9 Å². The van der Waals surface area contributed by atoms with E-state index in [9.17, 15) is 0 Å². The lowest BCUT2D eigenvalue weighted by Gasteiger charge is -2.04.